The van der Waals surface area contributed by atoms with Gasteiger partial charge in [-0.1, -0.05) is 0 Å². The van der Waals surface area contributed by atoms with Crippen LogP contribution in [0.2, 0.25) is 0 Å². The van der Waals surface area contributed by atoms with E-state index in [0.29, 0.717) is 16.8 Å². The summed E-state index contributed by atoms with van der Waals surface area (Å²) in [6.07, 6.45) is 1.45. The van der Waals surface area contributed by atoms with Gasteiger partial charge in [0.15, 0.2) is 11.2 Å². The Bertz CT molecular complexity index is 485. The average Bonchev–Trinajstić information content (AvgIpc) is 2.47. The van der Waals surface area contributed by atoms with E-state index in [0.717, 1.165) is 0 Å². The highest BCUT2D eigenvalue weighted by Gasteiger charge is 2.26. The maximum absolute atomic E-state index is 8.74. The molecule has 0 aliphatic carbocycles. The van der Waals surface area contributed by atoms with Crippen LogP contribution in [0.1, 0.15) is 0 Å². The van der Waals surface area contributed by atoms with E-state index >= 15 is 0 Å². The maximum atomic E-state index is 8.74. The highest BCUT2D eigenvalue weighted by atomic mass is 32.3. The van der Waals surface area contributed by atoms with Crippen LogP contribution in [0.4, 0.5) is 0 Å². The minimum absolute atomic E-state index is 0.235. The predicted octanol–water partition coefficient (Wildman–Crippen LogP) is -1.61. The second-order valence-electron chi connectivity index (χ2n) is 2.60. The Morgan fingerprint density at radius 3 is 2.62 bits per heavy atom. The maximum Gasteiger partial charge on any atom is 0.394 e. The van der Waals surface area contributed by atoms with Gasteiger partial charge in [0.1, 0.15) is 18.0 Å². The van der Waals surface area contributed by atoms with E-state index in [9.17, 15) is 0 Å². The summed E-state index contributed by atoms with van der Waals surface area (Å²) >= 11 is 4.79. The molecular formula is C5H7N5O4S2. The average molecular weight is 265 g/mol. The molecule has 9 nitrogen and oxygen atoms in total. The highest BCUT2D eigenvalue weighted by Crippen LogP contribution is 2.04. The number of amidine groups is 2. The van der Waals surface area contributed by atoms with Crippen molar-refractivity contribution in [2.75, 3.05) is 0 Å². The van der Waals surface area contributed by atoms with E-state index in [1.807, 2.05) is 0 Å². The molecule has 0 spiro atoms. The van der Waals surface area contributed by atoms with Crippen molar-refractivity contribution in [3.8, 4) is 0 Å². The number of nitrogens with zero attached hydrogens (tertiary/aromatic N) is 3. The lowest BCUT2D eigenvalue weighted by molar-refractivity contribution is 0.381. The van der Waals surface area contributed by atoms with Gasteiger partial charge in [-0.3, -0.25) is 14.1 Å². The Kier molecular flexibility index (Phi) is 3.64. The number of nitrogens with one attached hydrogen (secondary N) is 1. The van der Waals surface area contributed by atoms with Crippen LogP contribution in [-0.2, 0) is 10.4 Å². The van der Waals surface area contributed by atoms with E-state index in [1.165, 1.54) is 6.34 Å². The predicted molar refractivity (Wildman–Crippen MR) is 61.2 cm³/mol. The molecule has 2 aliphatic heterocycles. The molecule has 0 amide bonds. The largest absolute Gasteiger partial charge is 0.394 e. The van der Waals surface area contributed by atoms with Crippen molar-refractivity contribution in [1.29, 1.82) is 0 Å². The molecule has 2 heterocycles. The summed E-state index contributed by atoms with van der Waals surface area (Å²) in [5.41, 5.74) is 5.54. The molecule has 16 heavy (non-hydrogen) atoms. The van der Waals surface area contributed by atoms with Gasteiger partial charge in [-0.25, -0.2) is 9.98 Å². The second-order valence-corrected chi connectivity index (χ2v) is 3.88. The minimum atomic E-state index is -4.67. The number of nitrogens with two attached hydrogens (primary N) is 1. The lowest BCUT2D eigenvalue weighted by Crippen LogP contribution is -2.47. The van der Waals surface area contributed by atoms with Gasteiger partial charge in [0, 0.05) is 0 Å². The van der Waals surface area contributed by atoms with Gasteiger partial charge in [-0.15, -0.1) is 0 Å². The van der Waals surface area contributed by atoms with Gasteiger partial charge < -0.3 is 11.1 Å². The van der Waals surface area contributed by atoms with Gasteiger partial charge in [-0.05, 0) is 12.2 Å². The zero-order valence-electron chi connectivity index (χ0n) is 7.60. The quantitative estimate of drug-likeness (QED) is 0.304. The Morgan fingerprint density at radius 1 is 1.50 bits per heavy atom. The Labute approximate surface area is 95.8 Å². The van der Waals surface area contributed by atoms with Crippen molar-refractivity contribution in [2.24, 2.45) is 20.7 Å². The lowest BCUT2D eigenvalue weighted by Gasteiger charge is -2.16. The molecule has 0 fully saturated rings. The Hall–Kier alpha value is -1.43. The molecule has 1 atom stereocenters. The third-order valence-electron chi connectivity index (χ3n) is 1.42. The van der Waals surface area contributed by atoms with Crippen molar-refractivity contribution in [2.45, 2.75) is 6.04 Å². The standard InChI is InChI=1S/C5H5N5S.H2O4S/c6-3-2-4(8-1-7-2)10-5(11)9-3;1-5(2,3)4/h1-2H,(H3,6,7,8,9,10,11);(H2,1,2,3,4). The summed E-state index contributed by atoms with van der Waals surface area (Å²) in [4.78, 5) is 11.7. The number of aliphatic imine (C=N–C) groups is 3. The first-order valence-corrected chi connectivity index (χ1v) is 5.52. The lowest BCUT2D eigenvalue weighted by atomic mass is 10.2. The third-order valence-corrected chi connectivity index (χ3v) is 1.61. The van der Waals surface area contributed by atoms with Gasteiger partial charge in [0.2, 0.25) is 0 Å². The van der Waals surface area contributed by atoms with Gasteiger partial charge in [-0.2, -0.15) is 8.42 Å². The van der Waals surface area contributed by atoms with Gasteiger partial charge >= 0.3 is 10.4 Å². The van der Waals surface area contributed by atoms with Crippen LogP contribution in [-0.4, -0.2) is 46.7 Å². The first kappa shape index (κ1) is 12.6. The smallest absolute Gasteiger partial charge is 0.385 e. The van der Waals surface area contributed by atoms with E-state index in [4.69, 9.17) is 35.5 Å². The molecule has 5 N–H and O–H groups in total. The highest BCUT2D eigenvalue weighted by molar-refractivity contribution is 7.80. The van der Waals surface area contributed by atoms with E-state index in [2.05, 4.69) is 20.3 Å². The van der Waals surface area contributed by atoms with Gasteiger partial charge in [0.05, 0.1) is 0 Å². The molecule has 0 saturated heterocycles. The van der Waals surface area contributed by atoms with Crippen LogP contribution in [0, 0.1) is 0 Å². The van der Waals surface area contributed by atoms with Crippen LogP contribution in [0.5, 0.6) is 0 Å². The molecule has 11 heteroatoms. The summed E-state index contributed by atoms with van der Waals surface area (Å²) < 4.78 is 31.6. The van der Waals surface area contributed by atoms with Crippen LogP contribution in [0.25, 0.3) is 0 Å². The Balaban J connectivity index is 0.000000221. The number of hydrogen-bond acceptors (Lipinski definition) is 6. The molecule has 2 aliphatic rings. The molecule has 2 rings (SSSR count). The number of rotatable bonds is 0. The molecule has 88 valence electrons. The summed E-state index contributed by atoms with van der Waals surface area (Å²) in [6.45, 7) is 0. The van der Waals surface area contributed by atoms with E-state index in [1.54, 1.807) is 0 Å². The molecular weight excluding hydrogens is 258 g/mol. The molecule has 1 unspecified atom stereocenters. The molecule has 0 bridgehead atoms. The number of hydrogen-bond donors (Lipinski definition) is 4. The molecule has 0 aromatic rings. The second kappa shape index (κ2) is 4.61. The molecule has 0 saturated carbocycles. The normalized spacial score (nSPS) is 22.4. The third kappa shape index (κ3) is 3.98. The zero-order valence-corrected chi connectivity index (χ0v) is 9.23. The van der Waals surface area contributed by atoms with E-state index < -0.39 is 10.4 Å². The molecule has 0 radical (unpaired) electrons. The van der Waals surface area contributed by atoms with Crippen molar-refractivity contribution in [3.63, 3.8) is 0 Å². The van der Waals surface area contributed by atoms with Crippen molar-refractivity contribution in [3.05, 3.63) is 0 Å². The monoisotopic (exact) mass is 265 g/mol. The van der Waals surface area contributed by atoms with Crippen LogP contribution in [0.3, 0.4) is 0 Å². The first-order chi connectivity index (χ1) is 7.27. The zero-order chi connectivity index (χ0) is 12.3. The topological polar surface area (TPSA) is 150 Å². The Morgan fingerprint density at radius 2 is 2.06 bits per heavy atom. The molecule has 0 aromatic carbocycles. The first-order valence-electron chi connectivity index (χ1n) is 3.71. The van der Waals surface area contributed by atoms with Crippen molar-refractivity contribution < 1.29 is 17.5 Å². The number of thiocarbonyl (C=S) groups is 1. The summed E-state index contributed by atoms with van der Waals surface area (Å²) in [6, 6.07) is -0.235. The number of fused-ring (bicyclic) bond motifs is 1. The summed E-state index contributed by atoms with van der Waals surface area (Å²) in [5.74, 6) is 1.07. The van der Waals surface area contributed by atoms with Crippen molar-refractivity contribution in [1.82, 2.24) is 5.32 Å². The summed E-state index contributed by atoms with van der Waals surface area (Å²) in [7, 11) is -4.67. The minimum Gasteiger partial charge on any atom is -0.385 e. The van der Waals surface area contributed by atoms with Crippen LogP contribution >= 0.6 is 12.2 Å². The van der Waals surface area contributed by atoms with Gasteiger partial charge in [0.25, 0.3) is 0 Å². The fraction of sp³-hybridized carbons (Fsp3) is 0.200. The fourth-order valence-corrected chi connectivity index (χ4v) is 1.15. The van der Waals surface area contributed by atoms with Crippen LogP contribution < -0.4 is 11.1 Å². The molecule has 0 aromatic heterocycles. The van der Waals surface area contributed by atoms with E-state index in [-0.39, 0.29) is 6.04 Å². The summed E-state index contributed by atoms with van der Waals surface area (Å²) in [5, 5.41) is 3.15. The van der Waals surface area contributed by atoms with Crippen LogP contribution in [0.15, 0.2) is 15.0 Å². The fourth-order valence-electron chi connectivity index (χ4n) is 0.936. The SMILES string of the molecule is NC1=NC(=S)NC2=NC=NC12.O=S(=O)(O)O. The van der Waals surface area contributed by atoms with Crippen molar-refractivity contribution >= 4 is 45.7 Å².